The summed E-state index contributed by atoms with van der Waals surface area (Å²) in [4.78, 5) is 4.02. The highest BCUT2D eigenvalue weighted by Gasteiger charge is 2.01. The van der Waals surface area contributed by atoms with Crippen molar-refractivity contribution in [3.8, 4) is 0 Å². The quantitative estimate of drug-likeness (QED) is 0.788. The van der Waals surface area contributed by atoms with Crippen LogP contribution in [0.25, 0.3) is 0 Å². The molecule has 2 N–H and O–H groups in total. The third kappa shape index (κ3) is 2.48. The van der Waals surface area contributed by atoms with Crippen LogP contribution in [0.5, 0.6) is 0 Å². The highest BCUT2D eigenvalue weighted by Crippen LogP contribution is 2.18. The molecule has 0 spiro atoms. The number of nitrogens with zero attached hydrogens (tertiary/aromatic N) is 1. The molecule has 0 saturated heterocycles. The van der Waals surface area contributed by atoms with Crippen LogP contribution < -0.4 is 5.73 Å². The first-order chi connectivity index (χ1) is 7.25. The zero-order valence-electron chi connectivity index (χ0n) is 8.15. The lowest BCUT2D eigenvalue weighted by Crippen LogP contribution is -1.96. The molecule has 1 aromatic carbocycles. The summed E-state index contributed by atoms with van der Waals surface area (Å²) in [5, 5.41) is 0.435. The van der Waals surface area contributed by atoms with Crippen molar-refractivity contribution in [3.05, 3.63) is 58.9 Å². The molecule has 3 heteroatoms. The molecule has 0 fully saturated rings. The van der Waals surface area contributed by atoms with E-state index in [1.165, 1.54) is 5.56 Å². The molecule has 0 saturated carbocycles. The Hall–Kier alpha value is -1.54. The van der Waals surface area contributed by atoms with Crippen LogP contribution in [0.4, 0.5) is 5.69 Å². The molecule has 15 heavy (non-hydrogen) atoms. The number of hydrogen-bond acceptors (Lipinski definition) is 2. The molecule has 0 unspecified atom stereocenters. The number of anilines is 1. The fourth-order valence-corrected chi connectivity index (χ4v) is 1.60. The van der Waals surface area contributed by atoms with Gasteiger partial charge >= 0.3 is 0 Å². The molecule has 2 nitrogen and oxygen atoms in total. The van der Waals surface area contributed by atoms with Gasteiger partial charge in [0.05, 0.1) is 0 Å². The van der Waals surface area contributed by atoms with Crippen LogP contribution >= 0.6 is 11.6 Å². The number of nitrogen functional groups attached to an aromatic ring is 1. The van der Waals surface area contributed by atoms with Gasteiger partial charge in [-0.25, -0.2) is 4.98 Å². The van der Waals surface area contributed by atoms with Gasteiger partial charge in [0.25, 0.3) is 0 Å². The van der Waals surface area contributed by atoms with E-state index in [1.54, 1.807) is 12.3 Å². The molecule has 0 aliphatic carbocycles. The summed E-state index contributed by atoms with van der Waals surface area (Å²) in [7, 11) is 0. The number of aromatic nitrogens is 1. The van der Waals surface area contributed by atoms with Gasteiger partial charge in [-0.3, -0.25) is 0 Å². The SMILES string of the molecule is Nc1cc(Cl)ncc1Cc1ccccc1. The van der Waals surface area contributed by atoms with Crippen LogP contribution in [0.2, 0.25) is 5.15 Å². The molecule has 1 aromatic heterocycles. The zero-order valence-corrected chi connectivity index (χ0v) is 8.91. The van der Waals surface area contributed by atoms with Crippen LogP contribution in [0.3, 0.4) is 0 Å². The molecule has 0 radical (unpaired) electrons. The first-order valence-corrected chi connectivity index (χ1v) is 5.07. The Morgan fingerprint density at radius 2 is 1.93 bits per heavy atom. The highest BCUT2D eigenvalue weighted by atomic mass is 35.5. The maximum absolute atomic E-state index is 5.84. The van der Waals surface area contributed by atoms with Crippen molar-refractivity contribution in [2.45, 2.75) is 6.42 Å². The summed E-state index contributed by atoms with van der Waals surface area (Å²) in [6.07, 6.45) is 2.52. The average molecular weight is 219 g/mol. The van der Waals surface area contributed by atoms with E-state index in [0.717, 1.165) is 12.0 Å². The van der Waals surface area contributed by atoms with Crippen molar-refractivity contribution in [1.82, 2.24) is 4.98 Å². The monoisotopic (exact) mass is 218 g/mol. The molecule has 0 aliphatic heterocycles. The molecular weight excluding hydrogens is 208 g/mol. The third-order valence-electron chi connectivity index (χ3n) is 2.23. The molecular formula is C12H11ClN2. The number of nitrogens with two attached hydrogens (primary N) is 1. The largest absolute Gasteiger partial charge is 0.398 e. The van der Waals surface area contributed by atoms with Crippen molar-refractivity contribution >= 4 is 17.3 Å². The molecule has 1 heterocycles. The van der Waals surface area contributed by atoms with E-state index in [0.29, 0.717) is 10.8 Å². The Labute approximate surface area is 93.7 Å². The predicted molar refractivity (Wildman–Crippen MR) is 62.9 cm³/mol. The van der Waals surface area contributed by atoms with Gasteiger partial charge in [-0.2, -0.15) is 0 Å². The maximum Gasteiger partial charge on any atom is 0.131 e. The Kier molecular flexibility index (Phi) is 2.88. The van der Waals surface area contributed by atoms with Crippen LogP contribution in [0, 0.1) is 0 Å². The normalized spacial score (nSPS) is 10.2. The Morgan fingerprint density at radius 3 is 2.60 bits per heavy atom. The minimum atomic E-state index is 0.435. The van der Waals surface area contributed by atoms with E-state index in [4.69, 9.17) is 17.3 Å². The van der Waals surface area contributed by atoms with Crippen LogP contribution in [0.15, 0.2) is 42.6 Å². The summed E-state index contributed by atoms with van der Waals surface area (Å²) >= 11 is 5.73. The van der Waals surface area contributed by atoms with E-state index < -0.39 is 0 Å². The summed E-state index contributed by atoms with van der Waals surface area (Å²) in [5.74, 6) is 0. The van der Waals surface area contributed by atoms with E-state index in [9.17, 15) is 0 Å². The predicted octanol–water partition coefficient (Wildman–Crippen LogP) is 2.91. The number of benzene rings is 1. The lowest BCUT2D eigenvalue weighted by Gasteiger charge is -2.05. The standard InChI is InChI=1S/C12H11ClN2/c13-12-7-11(14)10(8-15-12)6-9-4-2-1-3-5-9/h1-5,7-8H,6H2,(H2,14,15). The third-order valence-corrected chi connectivity index (χ3v) is 2.43. The van der Waals surface area contributed by atoms with Gasteiger partial charge < -0.3 is 5.73 Å². The Bertz CT molecular complexity index is 454. The van der Waals surface area contributed by atoms with Crippen LogP contribution in [-0.2, 0) is 6.42 Å². The topological polar surface area (TPSA) is 38.9 Å². The van der Waals surface area contributed by atoms with Gasteiger partial charge in [-0.15, -0.1) is 0 Å². The van der Waals surface area contributed by atoms with Crippen molar-refractivity contribution in [3.63, 3.8) is 0 Å². The molecule has 0 atom stereocenters. The lowest BCUT2D eigenvalue weighted by molar-refractivity contribution is 1.15. The molecule has 0 bridgehead atoms. The Morgan fingerprint density at radius 1 is 1.20 bits per heavy atom. The fraction of sp³-hybridized carbons (Fsp3) is 0.0833. The lowest BCUT2D eigenvalue weighted by atomic mass is 10.1. The van der Waals surface area contributed by atoms with E-state index in [-0.39, 0.29) is 0 Å². The first kappa shape index (κ1) is 9.99. The van der Waals surface area contributed by atoms with E-state index >= 15 is 0 Å². The minimum Gasteiger partial charge on any atom is -0.398 e. The van der Waals surface area contributed by atoms with Crippen molar-refractivity contribution in [1.29, 1.82) is 0 Å². The Balaban J connectivity index is 2.25. The average Bonchev–Trinajstić information content (AvgIpc) is 2.24. The number of rotatable bonds is 2. The summed E-state index contributed by atoms with van der Waals surface area (Å²) < 4.78 is 0. The summed E-state index contributed by atoms with van der Waals surface area (Å²) in [6, 6.07) is 11.8. The molecule has 76 valence electrons. The van der Waals surface area contributed by atoms with Gasteiger partial charge in [0.1, 0.15) is 5.15 Å². The highest BCUT2D eigenvalue weighted by molar-refractivity contribution is 6.29. The van der Waals surface area contributed by atoms with Gasteiger partial charge in [-0.1, -0.05) is 41.9 Å². The molecule has 0 aliphatic rings. The summed E-state index contributed by atoms with van der Waals surface area (Å²) in [5.41, 5.74) is 8.76. The second-order valence-corrected chi connectivity index (χ2v) is 3.76. The minimum absolute atomic E-state index is 0.435. The van der Waals surface area contributed by atoms with Crippen LogP contribution in [0.1, 0.15) is 11.1 Å². The zero-order chi connectivity index (χ0) is 10.7. The van der Waals surface area contributed by atoms with Gasteiger partial charge in [-0.05, 0) is 17.2 Å². The second-order valence-electron chi connectivity index (χ2n) is 3.37. The molecule has 2 rings (SSSR count). The summed E-state index contributed by atoms with van der Waals surface area (Å²) in [6.45, 7) is 0. The smallest absolute Gasteiger partial charge is 0.131 e. The maximum atomic E-state index is 5.84. The van der Waals surface area contributed by atoms with Crippen molar-refractivity contribution in [2.24, 2.45) is 0 Å². The van der Waals surface area contributed by atoms with Gasteiger partial charge in [0, 0.05) is 18.3 Å². The number of hydrogen-bond donors (Lipinski definition) is 1. The fourth-order valence-electron chi connectivity index (χ4n) is 1.44. The number of pyridine rings is 1. The molecule has 0 amide bonds. The van der Waals surface area contributed by atoms with E-state index in [2.05, 4.69) is 17.1 Å². The second kappa shape index (κ2) is 4.32. The van der Waals surface area contributed by atoms with Crippen LogP contribution in [-0.4, -0.2) is 4.98 Å². The van der Waals surface area contributed by atoms with Gasteiger partial charge in [0.2, 0.25) is 0 Å². The number of halogens is 1. The first-order valence-electron chi connectivity index (χ1n) is 4.69. The van der Waals surface area contributed by atoms with E-state index in [1.807, 2.05) is 18.2 Å². The van der Waals surface area contributed by atoms with Gasteiger partial charge in [0.15, 0.2) is 0 Å². The van der Waals surface area contributed by atoms with Crippen molar-refractivity contribution in [2.75, 3.05) is 5.73 Å². The van der Waals surface area contributed by atoms with Crippen molar-refractivity contribution < 1.29 is 0 Å². The molecule has 2 aromatic rings.